The Bertz CT molecular complexity index is 804. The van der Waals surface area contributed by atoms with Gasteiger partial charge in [-0.3, -0.25) is 4.79 Å². The lowest BCUT2D eigenvalue weighted by Crippen LogP contribution is -2.29. The summed E-state index contributed by atoms with van der Waals surface area (Å²) in [5.74, 6) is 0.303. The van der Waals surface area contributed by atoms with Crippen LogP contribution in [0, 0.1) is 6.92 Å². The van der Waals surface area contributed by atoms with Crippen LogP contribution in [0.2, 0.25) is 0 Å². The molecular formula is C17H18N2O3S. The smallest absolute Gasteiger partial charge is 0.256 e. The molecule has 3 rings (SSSR count). The molecule has 0 aliphatic carbocycles. The number of aromatic nitrogens is 1. The minimum atomic E-state index is -0.735. The van der Waals surface area contributed by atoms with Gasteiger partial charge in [-0.25, -0.2) is 0 Å². The Kier molecular flexibility index (Phi) is 4.45. The molecule has 1 atom stereocenters. The number of fused-ring (bicyclic) bond motifs is 1. The van der Waals surface area contributed by atoms with E-state index in [-0.39, 0.29) is 12.5 Å². The van der Waals surface area contributed by atoms with Crippen LogP contribution < -0.4 is 5.32 Å². The number of benzene rings is 1. The van der Waals surface area contributed by atoms with Gasteiger partial charge in [-0.2, -0.15) is 0 Å². The highest BCUT2D eigenvalue weighted by Gasteiger charge is 2.20. The number of carbonyl (C=O) groups excluding carboxylic acids is 1. The van der Waals surface area contributed by atoms with Crippen molar-refractivity contribution in [2.75, 3.05) is 6.54 Å². The first-order valence-corrected chi connectivity index (χ1v) is 8.31. The Morgan fingerprint density at radius 2 is 2.22 bits per heavy atom. The van der Waals surface area contributed by atoms with Gasteiger partial charge in [0.1, 0.15) is 17.4 Å². The van der Waals surface area contributed by atoms with Gasteiger partial charge in [0.2, 0.25) is 0 Å². The van der Waals surface area contributed by atoms with E-state index < -0.39 is 6.10 Å². The molecule has 0 unspecified atom stereocenters. The van der Waals surface area contributed by atoms with Crippen molar-refractivity contribution in [2.45, 2.75) is 26.4 Å². The Hall–Kier alpha value is -2.18. The summed E-state index contributed by atoms with van der Waals surface area (Å²) in [4.78, 5) is 13.1. The molecule has 5 nitrogen and oxygen atoms in total. The SMILES string of the molecule is CCc1onc(C)c1C(=O)NC[C@@H](O)c1cc2ccccc2s1. The van der Waals surface area contributed by atoms with Crippen molar-refractivity contribution in [3.63, 3.8) is 0 Å². The van der Waals surface area contributed by atoms with Crippen LogP contribution >= 0.6 is 11.3 Å². The number of aryl methyl sites for hydroxylation is 2. The summed E-state index contributed by atoms with van der Waals surface area (Å²) in [6.45, 7) is 3.79. The fourth-order valence-corrected chi connectivity index (χ4v) is 3.54. The number of nitrogens with zero attached hydrogens (tertiary/aromatic N) is 1. The van der Waals surface area contributed by atoms with E-state index in [9.17, 15) is 9.90 Å². The highest BCUT2D eigenvalue weighted by atomic mass is 32.1. The van der Waals surface area contributed by atoms with Crippen LogP contribution in [0.4, 0.5) is 0 Å². The van der Waals surface area contributed by atoms with Gasteiger partial charge in [0.15, 0.2) is 0 Å². The van der Waals surface area contributed by atoms with E-state index in [2.05, 4.69) is 10.5 Å². The predicted molar refractivity (Wildman–Crippen MR) is 89.7 cm³/mol. The molecule has 0 spiro atoms. The average molecular weight is 330 g/mol. The summed E-state index contributed by atoms with van der Waals surface area (Å²) >= 11 is 1.53. The van der Waals surface area contributed by atoms with Crippen LogP contribution in [-0.2, 0) is 6.42 Å². The molecule has 0 saturated carbocycles. The van der Waals surface area contributed by atoms with Gasteiger partial charge in [0.25, 0.3) is 5.91 Å². The number of hydrogen-bond acceptors (Lipinski definition) is 5. The third-order valence-corrected chi connectivity index (χ3v) is 4.93. The molecule has 2 aromatic heterocycles. The number of thiophene rings is 1. The van der Waals surface area contributed by atoms with Gasteiger partial charge in [-0.15, -0.1) is 11.3 Å². The first-order valence-electron chi connectivity index (χ1n) is 7.50. The molecule has 0 aliphatic rings. The highest BCUT2D eigenvalue weighted by molar-refractivity contribution is 7.19. The average Bonchev–Trinajstić information content (AvgIpc) is 3.15. The van der Waals surface area contributed by atoms with Gasteiger partial charge in [0, 0.05) is 22.5 Å². The molecule has 0 saturated heterocycles. The first kappa shape index (κ1) is 15.7. The molecule has 3 aromatic rings. The van der Waals surface area contributed by atoms with Crippen LogP contribution in [-0.4, -0.2) is 22.7 Å². The van der Waals surface area contributed by atoms with Gasteiger partial charge in [-0.05, 0) is 24.4 Å². The van der Waals surface area contributed by atoms with Crippen molar-refractivity contribution >= 4 is 27.3 Å². The topological polar surface area (TPSA) is 75.4 Å². The third kappa shape index (κ3) is 3.13. The lowest BCUT2D eigenvalue weighted by molar-refractivity contribution is 0.0915. The van der Waals surface area contributed by atoms with E-state index >= 15 is 0 Å². The number of nitrogens with one attached hydrogen (secondary N) is 1. The molecule has 0 fully saturated rings. The quantitative estimate of drug-likeness (QED) is 0.753. The van der Waals surface area contributed by atoms with E-state index in [0.717, 1.165) is 15.0 Å². The largest absolute Gasteiger partial charge is 0.386 e. The summed E-state index contributed by atoms with van der Waals surface area (Å²) in [5, 5.41) is 18.0. The zero-order valence-electron chi connectivity index (χ0n) is 13.0. The van der Waals surface area contributed by atoms with Crippen molar-refractivity contribution in [1.29, 1.82) is 0 Å². The Labute approximate surface area is 137 Å². The second-order valence-electron chi connectivity index (χ2n) is 5.33. The lowest BCUT2D eigenvalue weighted by Gasteiger charge is -2.10. The molecule has 23 heavy (non-hydrogen) atoms. The zero-order valence-corrected chi connectivity index (χ0v) is 13.8. The Morgan fingerprint density at radius 1 is 1.43 bits per heavy atom. The summed E-state index contributed by atoms with van der Waals surface area (Å²) in [6, 6.07) is 9.92. The summed E-state index contributed by atoms with van der Waals surface area (Å²) in [6.07, 6.45) is -0.135. The van der Waals surface area contributed by atoms with Crippen LogP contribution in [0.15, 0.2) is 34.9 Å². The standard InChI is InChI=1S/C17H18N2O3S/c1-3-13-16(10(2)19-22-13)17(21)18-9-12(20)15-8-11-6-4-5-7-14(11)23-15/h4-8,12,20H,3,9H2,1-2H3,(H,18,21)/t12-/m1/s1. The van der Waals surface area contributed by atoms with Crippen LogP contribution in [0.25, 0.3) is 10.1 Å². The number of hydrogen-bond donors (Lipinski definition) is 2. The van der Waals surface area contributed by atoms with Crippen molar-refractivity contribution in [3.8, 4) is 0 Å². The lowest BCUT2D eigenvalue weighted by atomic mass is 10.1. The minimum Gasteiger partial charge on any atom is -0.386 e. The molecule has 1 aromatic carbocycles. The Balaban J connectivity index is 1.69. The Morgan fingerprint density at radius 3 is 2.96 bits per heavy atom. The van der Waals surface area contributed by atoms with E-state index in [4.69, 9.17) is 4.52 Å². The highest BCUT2D eigenvalue weighted by Crippen LogP contribution is 2.29. The summed E-state index contributed by atoms with van der Waals surface area (Å²) < 4.78 is 6.25. The van der Waals surface area contributed by atoms with E-state index in [1.54, 1.807) is 6.92 Å². The maximum absolute atomic E-state index is 12.3. The van der Waals surface area contributed by atoms with Crippen molar-refractivity contribution in [3.05, 3.63) is 52.2 Å². The molecule has 6 heteroatoms. The summed E-state index contributed by atoms with van der Waals surface area (Å²) in [7, 11) is 0. The van der Waals surface area contributed by atoms with Crippen molar-refractivity contribution in [2.24, 2.45) is 0 Å². The van der Waals surface area contributed by atoms with Crippen molar-refractivity contribution < 1.29 is 14.4 Å². The van der Waals surface area contributed by atoms with E-state index in [1.165, 1.54) is 11.3 Å². The molecular weight excluding hydrogens is 312 g/mol. The molecule has 1 amide bonds. The number of aliphatic hydroxyl groups is 1. The van der Waals surface area contributed by atoms with Gasteiger partial charge in [0.05, 0.1) is 5.69 Å². The van der Waals surface area contributed by atoms with Gasteiger partial charge >= 0.3 is 0 Å². The fourth-order valence-electron chi connectivity index (χ4n) is 2.49. The van der Waals surface area contributed by atoms with E-state index in [0.29, 0.717) is 23.4 Å². The fraction of sp³-hybridized carbons (Fsp3) is 0.294. The molecule has 0 radical (unpaired) electrons. The number of carbonyl (C=O) groups is 1. The molecule has 2 N–H and O–H groups in total. The molecule has 0 aliphatic heterocycles. The molecule has 120 valence electrons. The molecule has 2 heterocycles. The van der Waals surface area contributed by atoms with E-state index in [1.807, 2.05) is 37.3 Å². The maximum atomic E-state index is 12.3. The zero-order chi connectivity index (χ0) is 16.4. The first-order chi connectivity index (χ1) is 11.1. The maximum Gasteiger partial charge on any atom is 0.256 e. The second-order valence-corrected chi connectivity index (χ2v) is 6.45. The number of aliphatic hydroxyl groups excluding tert-OH is 1. The van der Waals surface area contributed by atoms with Gasteiger partial charge < -0.3 is 14.9 Å². The van der Waals surface area contributed by atoms with Crippen molar-refractivity contribution in [1.82, 2.24) is 10.5 Å². The number of amides is 1. The second kappa shape index (κ2) is 6.52. The minimum absolute atomic E-state index is 0.152. The monoisotopic (exact) mass is 330 g/mol. The van der Waals surface area contributed by atoms with Crippen LogP contribution in [0.5, 0.6) is 0 Å². The van der Waals surface area contributed by atoms with Gasteiger partial charge in [-0.1, -0.05) is 30.3 Å². The van der Waals surface area contributed by atoms with Crippen LogP contribution in [0.3, 0.4) is 0 Å². The molecule has 0 bridgehead atoms. The summed E-state index contributed by atoms with van der Waals surface area (Å²) in [5.41, 5.74) is 1.03. The number of rotatable bonds is 5. The van der Waals surface area contributed by atoms with Crippen LogP contribution in [0.1, 0.15) is 39.7 Å². The normalized spacial score (nSPS) is 12.5. The third-order valence-electron chi connectivity index (χ3n) is 3.71. The predicted octanol–water partition coefficient (Wildman–Crippen LogP) is 3.22.